The Bertz CT molecular complexity index is 909. The summed E-state index contributed by atoms with van der Waals surface area (Å²) in [6, 6.07) is 35.3. The van der Waals surface area contributed by atoms with Gasteiger partial charge in [-0.1, -0.05) is 91.0 Å². The van der Waals surface area contributed by atoms with Crippen molar-refractivity contribution in [1.29, 1.82) is 0 Å². The number of hydrogen-bond acceptors (Lipinski definition) is 1. The van der Waals surface area contributed by atoms with Crippen molar-refractivity contribution in [1.82, 2.24) is 0 Å². The molecule has 0 amide bonds. The molecule has 0 spiro atoms. The van der Waals surface area contributed by atoms with E-state index in [1.165, 1.54) is 16.7 Å². The third-order valence-corrected chi connectivity index (χ3v) is 4.20. The van der Waals surface area contributed by atoms with Crippen LogP contribution in [-0.4, -0.2) is 0 Å². The summed E-state index contributed by atoms with van der Waals surface area (Å²) in [4.78, 5) is 0. The standard InChI is InChI=1S/C24H18O/c1-4-11-19(12-5-1)23(20-13-6-2-7-14-20)24(22-17-10-18-25-22)21-15-8-3-9-16-21/h1-18H. The van der Waals surface area contributed by atoms with E-state index in [0.717, 1.165) is 16.9 Å². The van der Waals surface area contributed by atoms with E-state index in [9.17, 15) is 0 Å². The molecule has 25 heavy (non-hydrogen) atoms. The fraction of sp³-hybridized carbons (Fsp3) is 0. The van der Waals surface area contributed by atoms with Crippen LogP contribution >= 0.6 is 0 Å². The van der Waals surface area contributed by atoms with Crippen LogP contribution in [0.2, 0.25) is 0 Å². The van der Waals surface area contributed by atoms with Crippen molar-refractivity contribution >= 4 is 11.1 Å². The van der Waals surface area contributed by atoms with Gasteiger partial charge in [0.25, 0.3) is 0 Å². The molecule has 0 N–H and O–H groups in total. The van der Waals surface area contributed by atoms with Gasteiger partial charge in [0.2, 0.25) is 0 Å². The Morgan fingerprint density at radius 3 is 1.28 bits per heavy atom. The second-order valence-corrected chi connectivity index (χ2v) is 5.83. The molecule has 0 aliphatic carbocycles. The molecule has 0 bridgehead atoms. The molecule has 0 radical (unpaired) electrons. The third-order valence-electron chi connectivity index (χ3n) is 4.20. The van der Waals surface area contributed by atoms with Gasteiger partial charge in [0.05, 0.1) is 6.26 Å². The Morgan fingerprint density at radius 1 is 0.440 bits per heavy atom. The molecule has 0 atom stereocenters. The molecule has 0 saturated heterocycles. The molecule has 120 valence electrons. The van der Waals surface area contributed by atoms with E-state index in [4.69, 9.17) is 4.42 Å². The average molecular weight is 322 g/mol. The Kier molecular flexibility index (Phi) is 4.30. The fourth-order valence-electron chi connectivity index (χ4n) is 3.10. The lowest BCUT2D eigenvalue weighted by molar-refractivity contribution is 0.554. The molecule has 1 nitrogen and oxygen atoms in total. The molecule has 0 aliphatic heterocycles. The maximum absolute atomic E-state index is 5.82. The molecule has 1 aromatic heterocycles. The van der Waals surface area contributed by atoms with E-state index < -0.39 is 0 Å². The van der Waals surface area contributed by atoms with Gasteiger partial charge >= 0.3 is 0 Å². The molecular formula is C24H18O. The lowest BCUT2D eigenvalue weighted by atomic mass is 9.88. The molecule has 0 unspecified atom stereocenters. The highest BCUT2D eigenvalue weighted by Gasteiger charge is 2.17. The predicted molar refractivity (Wildman–Crippen MR) is 103 cm³/mol. The van der Waals surface area contributed by atoms with Crippen molar-refractivity contribution in [3.05, 3.63) is 132 Å². The zero-order valence-electron chi connectivity index (χ0n) is 13.8. The zero-order chi connectivity index (χ0) is 16.9. The van der Waals surface area contributed by atoms with Gasteiger partial charge in [0.15, 0.2) is 0 Å². The number of benzene rings is 3. The van der Waals surface area contributed by atoms with Crippen molar-refractivity contribution in [2.24, 2.45) is 0 Å². The van der Waals surface area contributed by atoms with Crippen molar-refractivity contribution in [2.45, 2.75) is 0 Å². The largest absolute Gasteiger partial charge is 0.464 e. The minimum Gasteiger partial charge on any atom is -0.464 e. The fourth-order valence-corrected chi connectivity index (χ4v) is 3.10. The molecule has 0 fully saturated rings. The maximum Gasteiger partial charge on any atom is 0.135 e. The van der Waals surface area contributed by atoms with E-state index in [0.29, 0.717) is 0 Å². The summed E-state index contributed by atoms with van der Waals surface area (Å²) in [7, 11) is 0. The summed E-state index contributed by atoms with van der Waals surface area (Å²) in [6.45, 7) is 0. The van der Waals surface area contributed by atoms with Crippen LogP contribution in [0.5, 0.6) is 0 Å². The van der Waals surface area contributed by atoms with Crippen LogP contribution in [0.1, 0.15) is 22.5 Å². The van der Waals surface area contributed by atoms with Gasteiger partial charge in [-0.05, 0) is 28.8 Å². The van der Waals surface area contributed by atoms with Crippen LogP contribution < -0.4 is 0 Å². The SMILES string of the molecule is c1ccc(C(=C(c2ccccc2)c2ccco2)c2ccccc2)cc1. The third kappa shape index (κ3) is 3.17. The monoisotopic (exact) mass is 322 g/mol. The van der Waals surface area contributed by atoms with Gasteiger partial charge in [-0.3, -0.25) is 0 Å². The Hall–Kier alpha value is -3.32. The summed E-state index contributed by atoms with van der Waals surface area (Å²) >= 11 is 0. The molecule has 1 heteroatoms. The van der Waals surface area contributed by atoms with E-state index in [1.807, 2.05) is 30.3 Å². The lowest BCUT2D eigenvalue weighted by Crippen LogP contribution is -1.96. The Labute approximate surface area is 147 Å². The first-order valence-electron chi connectivity index (χ1n) is 8.38. The van der Waals surface area contributed by atoms with E-state index in [-0.39, 0.29) is 0 Å². The molecule has 1 heterocycles. The number of rotatable bonds is 4. The first-order valence-corrected chi connectivity index (χ1v) is 8.38. The summed E-state index contributed by atoms with van der Waals surface area (Å²) in [5.74, 6) is 0.869. The number of hydrogen-bond donors (Lipinski definition) is 0. The van der Waals surface area contributed by atoms with Crippen LogP contribution in [0.15, 0.2) is 114 Å². The minimum atomic E-state index is 0.869. The van der Waals surface area contributed by atoms with Gasteiger partial charge in [-0.25, -0.2) is 0 Å². The first-order chi connectivity index (χ1) is 12.4. The van der Waals surface area contributed by atoms with Crippen molar-refractivity contribution in [2.75, 3.05) is 0 Å². The van der Waals surface area contributed by atoms with Crippen LogP contribution in [0.4, 0.5) is 0 Å². The number of furan rings is 1. The summed E-state index contributed by atoms with van der Waals surface area (Å²) < 4.78 is 5.82. The summed E-state index contributed by atoms with van der Waals surface area (Å²) in [5, 5.41) is 0. The quantitative estimate of drug-likeness (QED) is 0.403. The minimum absolute atomic E-state index is 0.869. The first kappa shape index (κ1) is 15.2. The molecule has 0 saturated carbocycles. The van der Waals surface area contributed by atoms with Crippen LogP contribution in [0.25, 0.3) is 11.1 Å². The van der Waals surface area contributed by atoms with E-state index in [2.05, 4.69) is 72.8 Å². The second kappa shape index (κ2) is 7.06. The summed E-state index contributed by atoms with van der Waals surface area (Å²) in [6.07, 6.45) is 1.73. The molecule has 3 aromatic carbocycles. The zero-order valence-corrected chi connectivity index (χ0v) is 13.8. The van der Waals surface area contributed by atoms with E-state index in [1.54, 1.807) is 6.26 Å². The van der Waals surface area contributed by atoms with Gasteiger partial charge in [-0.2, -0.15) is 0 Å². The normalized spacial score (nSPS) is 10.4. The van der Waals surface area contributed by atoms with Gasteiger partial charge in [0.1, 0.15) is 5.76 Å². The molecular weight excluding hydrogens is 304 g/mol. The highest BCUT2D eigenvalue weighted by Crippen LogP contribution is 2.36. The van der Waals surface area contributed by atoms with Crippen LogP contribution in [-0.2, 0) is 0 Å². The van der Waals surface area contributed by atoms with Crippen molar-refractivity contribution < 1.29 is 4.42 Å². The van der Waals surface area contributed by atoms with Crippen molar-refractivity contribution in [3.63, 3.8) is 0 Å². The predicted octanol–water partition coefficient (Wildman–Crippen LogP) is 6.29. The highest BCUT2D eigenvalue weighted by atomic mass is 16.3. The smallest absolute Gasteiger partial charge is 0.135 e. The second-order valence-electron chi connectivity index (χ2n) is 5.83. The highest BCUT2D eigenvalue weighted by molar-refractivity contribution is 6.03. The maximum atomic E-state index is 5.82. The van der Waals surface area contributed by atoms with Gasteiger partial charge in [0, 0.05) is 11.1 Å². The van der Waals surface area contributed by atoms with E-state index >= 15 is 0 Å². The summed E-state index contributed by atoms with van der Waals surface area (Å²) in [5.41, 5.74) is 5.75. The van der Waals surface area contributed by atoms with Gasteiger partial charge < -0.3 is 4.42 Å². The van der Waals surface area contributed by atoms with Crippen LogP contribution in [0, 0.1) is 0 Å². The molecule has 4 aromatic rings. The molecule has 0 aliphatic rings. The Morgan fingerprint density at radius 2 is 0.880 bits per heavy atom. The topological polar surface area (TPSA) is 13.1 Å². The van der Waals surface area contributed by atoms with Crippen molar-refractivity contribution in [3.8, 4) is 0 Å². The molecule has 4 rings (SSSR count). The van der Waals surface area contributed by atoms with Gasteiger partial charge in [-0.15, -0.1) is 0 Å². The Balaban J connectivity index is 2.08. The lowest BCUT2D eigenvalue weighted by Gasteiger charge is -2.16. The average Bonchev–Trinajstić information content (AvgIpc) is 3.22. The van der Waals surface area contributed by atoms with Crippen LogP contribution in [0.3, 0.4) is 0 Å².